The molecular weight excluding hydrogens is 528 g/mol. The lowest BCUT2D eigenvalue weighted by Crippen LogP contribution is -2.11. The summed E-state index contributed by atoms with van der Waals surface area (Å²) in [6.07, 6.45) is 6.70. The van der Waals surface area contributed by atoms with Crippen molar-refractivity contribution >= 4 is 21.4 Å². The lowest BCUT2D eigenvalue weighted by atomic mass is 9.96. The number of hydrogen-bond donors (Lipinski definition) is 0. The Balaban J connectivity index is 1.70. The topological polar surface area (TPSA) is 106 Å². The Labute approximate surface area is 228 Å². The molecule has 0 radical (unpaired) electrons. The van der Waals surface area contributed by atoms with E-state index in [2.05, 4.69) is 10.2 Å². The Morgan fingerprint density at radius 3 is 2.39 bits per heavy atom. The van der Waals surface area contributed by atoms with Crippen LogP contribution in [0.3, 0.4) is 0 Å². The summed E-state index contributed by atoms with van der Waals surface area (Å²) in [6, 6.07) is 3.54. The number of nitrogens with zero attached hydrogens (tertiary/aromatic N) is 6. The fraction of sp³-hybridized carbons (Fsp3) is 0.423. The molecule has 0 saturated heterocycles. The van der Waals surface area contributed by atoms with Gasteiger partial charge < -0.3 is 9.47 Å². The molecule has 0 spiro atoms. The van der Waals surface area contributed by atoms with E-state index in [-0.39, 0.29) is 18.0 Å². The minimum absolute atomic E-state index is 0.276. The summed E-state index contributed by atoms with van der Waals surface area (Å²) >= 11 is 6.05. The molecule has 0 aliphatic rings. The molecule has 0 saturated carbocycles. The van der Waals surface area contributed by atoms with Gasteiger partial charge in [0, 0.05) is 38.0 Å². The van der Waals surface area contributed by atoms with Gasteiger partial charge in [0.25, 0.3) is 0 Å². The fourth-order valence-electron chi connectivity index (χ4n) is 4.51. The van der Waals surface area contributed by atoms with Crippen LogP contribution in [-0.4, -0.2) is 50.6 Å². The van der Waals surface area contributed by atoms with Crippen LogP contribution in [-0.2, 0) is 43.0 Å². The van der Waals surface area contributed by atoms with Gasteiger partial charge in [-0.3, -0.25) is 4.68 Å². The molecule has 12 heteroatoms. The van der Waals surface area contributed by atoms with Gasteiger partial charge in [-0.25, -0.2) is 17.8 Å². The van der Waals surface area contributed by atoms with Crippen molar-refractivity contribution in [1.82, 2.24) is 29.3 Å². The highest BCUT2D eigenvalue weighted by Gasteiger charge is 2.22. The number of aryl methyl sites for hydroxylation is 3. The highest BCUT2D eigenvalue weighted by molar-refractivity contribution is 7.90. The van der Waals surface area contributed by atoms with E-state index >= 15 is 0 Å². The molecule has 0 bridgehead atoms. The van der Waals surface area contributed by atoms with Crippen LogP contribution in [0.2, 0.25) is 5.02 Å². The number of benzene rings is 1. The third-order valence-electron chi connectivity index (χ3n) is 6.46. The first-order valence-electron chi connectivity index (χ1n) is 12.4. The average molecular weight is 561 g/mol. The van der Waals surface area contributed by atoms with Crippen LogP contribution in [0.4, 0.5) is 0 Å². The summed E-state index contributed by atoms with van der Waals surface area (Å²) in [6.45, 7) is 9.56. The third-order valence-corrected chi connectivity index (χ3v) is 7.83. The summed E-state index contributed by atoms with van der Waals surface area (Å²) in [5, 5.41) is 13.7. The standard InChI is InChI=1S/C26H33ClN6O4S/c1-7-33-26(37-16-20-12-28-31(5)25(20)36-8-2)22(18(4)30-33)11-19-9-10-24(38(6,34)35)23(17(19)3)15-32-14-21(27)13-29-32/h9-10,12-14H,7-8,11,15-16H2,1-6H3. The van der Waals surface area contributed by atoms with E-state index in [9.17, 15) is 8.42 Å². The van der Waals surface area contributed by atoms with Crippen molar-refractivity contribution < 1.29 is 17.9 Å². The number of aromatic nitrogens is 6. The zero-order valence-corrected chi connectivity index (χ0v) is 24.1. The predicted molar refractivity (Wildman–Crippen MR) is 145 cm³/mol. The maximum Gasteiger partial charge on any atom is 0.218 e. The van der Waals surface area contributed by atoms with E-state index in [1.165, 1.54) is 12.5 Å². The molecular formula is C26H33ClN6O4S. The van der Waals surface area contributed by atoms with Crippen LogP contribution in [0.25, 0.3) is 0 Å². The van der Waals surface area contributed by atoms with Crippen molar-refractivity contribution in [1.29, 1.82) is 0 Å². The van der Waals surface area contributed by atoms with Gasteiger partial charge in [-0.1, -0.05) is 17.7 Å². The molecule has 1 aromatic carbocycles. The van der Waals surface area contributed by atoms with Crippen molar-refractivity contribution in [2.75, 3.05) is 12.9 Å². The van der Waals surface area contributed by atoms with Crippen LogP contribution in [0.1, 0.15) is 47.4 Å². The van der Waals surface area contributed by atoms with E-state index < -0.39 is 9.84 Å². The predicted octanol–water partition coefficient (Wildman–Crippen LogP) is 4.12. The van der Waals surface area contributed by atoms with Gasteiger partial charge >= 0.3 is 0 Å². The van der Waals surface area contributed by atoms with Crippen LogP contribution < -0.4 is 9.47 Å². The first-order valence-corrected chi connectivity index (χ1v) is 14.6. The molecule has 0 atom stereocenters. The minimum atomic E-state index is -3.46. The van der Waals surface area contributed by atoms with E-state index in [1.807, 2.05) is 45.5 Å². The Kier molecular flexibility index (Phi) is 8.17. The van der Waals surface area contributed by atoms with E-state index in [0.29, 0.717) is 41.9 Å². The van der Waals surface area contributed by atoms with Crippen LogP contribution >= 0.6 is 11.6 Å². The number of halogens is 1. The number of ether oxygens (including phenoxy) is 2. The Morgan fingerprint density at radius 2 is 1.76 bits per heavy atom. The summed E-state index contributed by atoms with van der Waals surface area (Å²) in [5.74, 6) is 1.34. The maximum atomic E-state index is 12.6. The summed E-state index contributed by atoms with van der Waals surface area (Å²) < 4.78 is 42.5. The van der Waals surface area contributed by atoms with Crippen molar-refractivity contribution in [3.63, 3.8) is 0 Å². The largest absolute Gasteiger partial charge is 0.478 e. The number of hydrogen-bond acceptors (Lipinski definition) is 7. The lowest BCUT2D eigenvalue weighted by Gasteiger charge is -2.17. The number of sulfone groups is 1. The molecule has 0 fully saturated rings. The van der Waals surface area contributed by atoms with Crippen molar-refractivity contribution in [2.24, 2.45) is 7.05 Å². The SMILES string of the molecule is CCOc1c(COc2c(Cc3ccc(S(C)(=O)=O)c(Cn4cc(Cl)cn4)c3C)c(C)nn2CC)cnn1C. The molecule has 3 heterocycles. The van der Waals surface area contributed by atoms with Gasteiger partial charge in [0.1, 0.15) is 6.61 Å². The first-order chi connectivity index (χ1) is 18.0. The fourth-order valence-corrected chi connectivity index (χ4v) is 5.65. The second-order valence-corrected chi connectivity index (χ2v) is 11.6. The van der Waals surface area contributed by atoms with Crippen LogP contribution in [0.15, 0.2) is 35.6 Å². The second kappa shape index (κ2) is 11.2. The molecule has 204 valence electrons. The van der Waals surface area contributed by atoms with Gasteiger partial charge in [0.2, 0.25) is 11.8 Å². The maximum absolute atomic E-state index is 12.6. The minimum Gasteiger partial charge on any atom is -0.478 e. The van der Waals surface area contributed by atoms with Gasteiger partial charge in [-0.15, -0.1) is 0 Å². The van der Waals surface area contributed by atoms with Gasteiger partial charge in [-0.2, -0.15) is 15.3 Å². The van der Waals surface area contributed by atoms with Crippen molar-refractivity contribution in [3.05, 3.63) is 69.3 Å². The van der Waals surface area contributed by atoms with Crippen molar-refractivity contribution in [2.45, 2.75) is 58.7 Å². The molecule has 0 amide bonds. The molecule has 0 unspecified atom stereocenters. The second-order valence-electron chi connectivity index (χ2n) is 9.14. The smallest absolute Gasteiger partial charge is 0.218 e. The molecule has 4 aromatic rings. The molecule has 0 aliphatic heterocycles. The normalized spacial score (nSPS) is 11.8. The van der Waals surface area contributed by atoms with E-state index in [0.717, 1.165) is 27.9 Å². The molecule has 10 nitrogen and oxygen atoms in total. The molecule has 3 aromatic heterocycles. The average Bonchev–Trinajstić information content (AvgIpc) is 3.52. The first kappa shape index (κ1) is 27.7. The quantitative estimate of drug-likeness (QED) is 0.271. The van der Waals surface area contributed by atoms with E-state index in [1.54, 1.807) is 27.8 Å². The van der Waals surface area contributed by atoms with Crippen LogP contribution in [0, 0.1) is 13.8 Å². The van der Waals surface area contributed by atoms with Crippen LogP contribution in [0.5, 0.6) is 11.8 Å². The Hall–Kier alpha value is -3.31. The molecule has 4 rings (SSSR count). The molecule has 38 heavy (non-hydrogen) atoms. The summed E-state index contributed by atoms with van der Waals surface area (Å²) in [7, 11) is -1.62. The summed E-state index contributed by atoms with van der Waals surface area (Å²) in [4.78, 5) is 0.280. The molecule has 0 aliphatic carbocycles. The highest BCUT2D eigenvalue weighted by atomic mass is 35.5. The zero-order valence-electron chi connectivity index (χ0n) is 22.5. The molecule has 0 N–H and O–H groups in total. The third kappa shape index (κ3) is 5.73. The van der Waals surface area contributed by atoms with Crippen molar-refractivity contribution in [3.8, 4) is 11.8 Å². The number of rotatable bonds is 11. The summed E-state index contributed by atoms with van der Waals surface area (Å²) in [5.41, 5.74) is 5.17. The van der Waals surface area contributed by atoms with Gasteiger partial charge in [0.15, 0.2) is 9.84 Å². The van der Waals surface area contributed by atoms with Gasteiger partial charge in [0.05, 0.1) is 46.7 Å². The highest BCUT2D eigenvalue weighted by Crippen LogP contribution is 2.31. The Morgan fingerprint density at radius 1 is 1.00 bits per heavy atom. The Bertz CT molecular complexity index is 1550. The van der Waals surface area contributed by atoms with Gasteiger partial charge in [-0.05, 0) is 50.5 Å². The lowest BCUT2D eigenvalue weighted by molar-refractivity contribution is 0.255. The zero-order chi connectivity index (χ0) is 27.6. The monoisotopic (exact) mass is 560 g/mol. The van der Waals surface area contributed by atoms with E-state index in [4.69, 9.17) is 26.2 Å².